The van der Waals surface area contributed by atoms with Gasteiger partial charge in [0.2, 0.25) is 5.78 Å². The van der Waals surface area contributed by atoms with Crippen molar-refractivity contribution in [1.82, 2.24) is 0 Å². The van der Waals surface area contributed by atoms with E-state index in [9.17, 15) is 15.0 Å². The molecule has 0 spiro atoms. The number of phenols is 2. The molecule has 0 saturated carbocycles. The summed E-state index contributed by atoms with van der Waals surface area (Å²) >= 11 is 0. The molecule has 0 heterocycles. The molecule has 3 heteroatoms. The van der Waals surface area contributed by atoms with Crippen LogP contribution in [0.5, 0.6) is 11.5 Å². The number of rotatable bonds is 0. The molecule has 1 aliphatic carbocycles. The highest BCUT2D eigenvalue weighted by Gasteiger charge is 2.29. The van der Waals surface area contributed by atoms with E-state index in [2.05, 4.69) is 0 Å². The molecule has 0 bridgehead atoms. The lowest BCUT2D eigenvalue weighted by Gasteiger charge is -2.21. The Labute approximate surface area is 111 Å². The number of aromatic hydroxyl groups is 2. The number of fused-ring (bicyclic) bond motifs is 2. The first kappa shape index (κ1) is 11.8. The average molecular weight is 254 g/mol. The summed E-state index contributed by atoms with van der Waals surface area (Å²) in [6.07, 6.45) is 0.554. The molecule has 0 amide bonds. The zero-order valence-corrected chi connectivity index (χ0v) is 10.8. The van der Waals surface area contributed by atoms with Gasteiger partial charge < -0.3 is 10.2 Å². The van der Waals surface area contributed by atoms with Gasteiger partial charge in [-0.25, -0.2) is 0 Å². The van der Waals surface area contributed by atoms with Crippen molar-refractivity contribution in [3.8, 4) is 11.5 Å². The van der Waals surface area contributed by atoms with Crippen LogP contribution in [0.25, 0.3) is 0 Å². The van der Waals surface area contributed by atoms with Crippen molar-refractivity contribution < 1.29 is 15.0 Å². The van der Waals surface area contributed by atoms with E-state index in [-0.39, 0.29) is 17.3 Å². The monoisotopic (exact) mass is 254 g/mol. The highest BCUT2D eigenvalue weighted by Crippen LogP contribution is 2.38. The molecular weight excluding hydrogens is 240 g/mol. The minimum atomic E-state index is -0.293. The molecule has 0 fully saturated rings. The van der Waals surface area contributed by atoms with Crippen molar-refractivity contribution in [3.63, 3.8) is 0 Å². The Morgan fingerprint density at radius 2 is 1.26 bits per heavy atom. The van der Waals surface area contributed by atoms with E-state index in [0.29, 0.717) is 28.7 Å². The van der Waals surface area contributed by atoms with Crippen LogP contribution in [0.3, 0.4) is 0 Å². The van der Waals surface area contributed by atoms with Gasteiger partial charge in [0.25, 0.3) is 0 Å². The molecule has 0 atom stereocenters. The van der Waals surface area contributed by atoms with Crippen LogP contribution < -0.4 is 0 Å². The number of aryl methyl sites for hydroxylation is 2. The minimum absolute atomic E-state index is 0.0223. The van der Waals surface area contributed by atoms with Gasteiger partial charge >= 0.3 is 0 Å². The van der Waals surface area contributed by atoms with Crippen LogP contribution in [0, 0.1) is 13.8 Å². The predicted octanol–water partition coefficient (Wildman–Crippen LogP) is 2.85. The summed E-state index contributed by atoms with van der Waals surface area (Å²) in [5, 5.41) is 20.2. The number of hydrogen-bond donors (Lipinski definition) is 2. The number of carbonyl (C=O) groups excluding carboxylic acids is 1. The Bertz CT molecular complexity index is 655. The molecule has 2 aromatic carbocycles. The first-order chi connectivity index (χ1) is 9.00. The van der Waals surface area contributed by atoms with Crippen LogP contribution >= 0.6 is 0 Å². The lowest BCUT2D eigenvalue weighted by Crippen LogP contribution is -2.16. The fraction of sp³-hybridized carbons (Fsp3) is 0.188. The smallest absolute Gasteiger partial charge is 0.201 e. The number of carbonyl (C=O) groups is 1. The van der Waals surface area contributed by atoms with Crippen LogP contribution in [-0.4, -0.2) is 16.0 Å². The molecule has 0 aliphatic heterocycles. The molecule has 0 radical (unpaired) electrons. The molecule has 0 saturated heterocycles. The SMILES string of the molecule is Cc1ccc2c(c1O)C(=O)c1c(ccc(C)c1O)C2. The third-order valence-electron chi connectivity index (χ3n) is 3.77. The summed E-state index contributed by atoms with van der Waals surface area (Å²) in [5.41, 5.74) is 3.61. The van der Waals surface area contributed by atoms with Crippen molar-refractivity contribution in [2.24, 2.45) is 0 Å². The lowest BCUT2D eigenvalue weighted by molar-refractivity contribution is 0.102. The van der Waals surface area contributed by atoms with E-state index in [1.807, 2.05) is 12.1 Å². The molecule has 19 heavy (non-hydrogen) atoms. The van der Waals surface area contributed by atoms with Crippen LogP contribution in [0.15, 0.2) is 24.3 Å². The quantitative estimate of drug-likeness (QED) is 0.648. The van der Waals surface area contributed by atoms with Gasteiger partial charge in [0.05, 0.1) is 11.1 Å². The van der Waals surface area contributed by atoms with Gasteiger partial charge in [-0.3, -0.25) is 4.79 Å². The molecular formula is C16H14O3. The van der Waals surface area contributed by atoms with Crippen LogP contribution in [0.2, 0.25) is 0 Å². The fourth-order valence-electron chi connectivity index (χ4n) is 2.61. The normalized spacial score (nSPS) is 13.1. The van der Waals surface area contributed by atoms with Crippen molar-refractivity contribution in [3.05, 3.63) is 57.6 Å². The van der Waals surface area contributed by atoms with E-state index in [1.165, 1.54) is 0 Å². The zero-order valence-electron chi connectivity index (χ0n) is 10.8. The van der Waals surface area contributed by atoms with Gasteiger partial charge in [0.15, 0.2) is 0 Å². The van der Waals surface area contributed by atoms with E-state index in [4.69, 9.17) is 0 Å². The van der Waals surface area contributed by atoms with E-state index in [1.54, 1.807) is 26.0 Å². The van der Waals surface area contributed by atoms with Gasteiger partial charge in [-0.2, -0.15) is 0 Å². The van der Waals surface area contributed by atoms with Crippen LogP contribution in [0.1, 0.15) is 38.2 Å². The summed E-state index contributed by atoms with van der Waals surface area (Å²) < 4.78 is 0. The summed E-state index contributed by atoms with van der Waals surface area (Å²) in [6.45, 7) is 3.52. The van der Waals surface area contributed by atoms with Gasteiger partial charge in [-0.1, -0.05) is 24.3 Å². The van der Waals surface area contributed by atoms with Crippen molar-refractivity contribution >= 4 is 5.78 Å². The van der Waals surface area contributed by atoms with Gasteiger partial charge in [-0.15, -0.1) is 0 Å². The molecule has 3 nitrogen and oxygen atoms in total. The van der Waals surface area contributed by atoms with Gasteiger partial charge in [0, 0.05) is 0 Å². The summed E-state index contributed by atoms with van der Waals surface area (Å²) in [7, 11) is 0. The number of ketones is 1. The van der Waals surface area contributed by atoms with E-state index >= 15 is 0 Å². The van der Waals surface area contributed by atoms with Gasteiger partial charge in [-0.05, 0) is 42.5 Å². The van der Waals surface area contributed by atoms with Crippen LogP contribution in [-0.2, 0) is 6.42 Å². The second-order valence-corrected chi connectivity index (χ2v) is 5.04. The Hall–Kier alpha value is -2.29. The first-order valence-corrected chi connectivity index (χ1v) is 6.18. The maximum atomic E-state index is 12.5. The van der Waals surface area contributed by atoms with Crippen molar-refractivity contribution in [1.29, 1.82) is 0 Å². The number of benzene rings is 2. The van der Waals surface area contributed by atoms with Crippen molar-refractivity contribution in [2.75, 3.05) is 0 Å². The molecule has 2 N–H and O–H groups in total. The second kappa shape index (κ2) is 3.85. The van der Waals surface area contributed by atoms with Crippen LogP contribution in [0.4, 0.5) is 0 Å². The van der Waals surface area contributed by atoms with Gasteiger partial charge in [0.1, 0.15) is 11.5 Å². The maximum absolute atomic E-state index is 12.5. The Morgan fingerprint density at radius 1 is 0.842 bits per heavy atom. The third-order valence-corrected chi connectivity index (χ3v) is 3.77. The average Bonchev–Trinajstić information content (AvgIpc) is 2.38. The Balaban J connectivity index is 2.31. The fourth-order valence-corrected chi connectivity index (χ4v) is 2.61. The highest BCUT2D eigenvalue weighted by atomic mass is 16.3. The van der Waals surface area contributed by atoms with E-state index in [0.717, 1.165) is 11.1 Å². The largest absolute Gasteiger partial charge is 0.507 e. The molecule has 96 valence electrons. The highest BCUT2D eigenvalue weighted by molar-refractivity contribution is 6.15. The molecule has 1 aliphatic rings. The summed E-state index contributed by atoms with van der Waals surface area (Å²) in [4.78, 5) is 12.5. The standard InChI is InChI=1S/C16H14O3/c1-8-3-5-10-7-11-6-4-9(2)15(18)13(11)16(19)12(10)14(8)17/h3-6,17-18H,7H2,1-2H3. The lowest BCUT2D eigenvalue weighted by atomic mass is 9.82. The number of phenolic OH excluding ortho intramolecular Hbond substituents is 2. The third kappa shape index (κ3) is 1.55. The molecule has 3 rings (SSSR count). The predicted molar refractivity (Wildman–Crippen MR) is 71.9 cm³/mol. The Kier molecular flexibility index (Phi) is 2.39. The summed E-state index contributed by atoms with van der Waals surface area (Å²) in [6, 6.07) is 7.34. The minimum Gasteiger partial charge on any atom is -0.507 e. The zero-order chi connectivity index (χ0) is 13.7. The topological polar surface area (TPSA) is 57.5 Å². The summed E-state index contributed by atoms with van der Waals surface area (Å²) in [5.74, 6) is -0.248. The van der Waals surface area contributed by atoms with Crippen molar-refractivity contribution in [2.45, 2.75) is 20.3 Å². The second-order valence-electron chi connectivity index (χ2n) is 5.04. The van der Waals surface area contributed by atoms with E-state index < -0.39 is 0 Å². The molecule has 0 unspecified atom stereocenters. The number of hydrogen-bond acceptors (Lipinski definition) is 3. The maximum Gasteiger partial charge on any atom is 0.201 e. The first-order valence-electron chi connectivity index (χ1n) is 6.18. The molecule has 0 aromatic heterocycles. The molecule has 2 aromatic rings. The Morgan fingerprint density at radius 3 is 1.68 bits per heavy atom.